The summed E-state index contributed by atoms with van der Waals surface area (Å²) in [6, 6.07) is 0.445. The highest BCUT2D eigenvalue weighted by Crippen LogP contribution is 2.50. The van der Waals surface area contributed by atoms with Gasteiger partial charge in [0.2, 0.25) is 0 Å². The van der Waals surface area contributed by atoms with Gasteiger partial charge >= 0.3 is 0 Å². The van der Waals surface area contributed by atoms with Crippen LogP contribution in [0.5, 0.6) is 0 Å². The SMILES string of the molecule is CCOC1CC(Nc2cnn(CCO)c2)C1(CC)CC. The van der Waals surface area contributed by atoms with Crippen LogP contribution in [0.3, 0.4) is 0 Å². The smallest absolute Gasteiger partial charge is 0.0728 e. The lowest BCUT2D eigenvalue weighted by molar-refractivity contribution is -0.121. The van der Waals surface area contributed by atoms with Crippen molar-refractivity contribution in [2.75, 3.05) is 18.5 Å². The highest BCUT2D eigenvalue weighted by Gasteiger charge is 2.53. The molecular formula is C15H27N3O2. The molecule has 0 aliphatic heterocycles. The molecule has 0 amide bonds. The van der Waals surface area contributed by atoms with E-state index < -0.39 is 0 Å². The van der Waals surface area contributed by atoms with Crippen LogP contribution >= 0.6 is 0 Å². The molecule has 0 aromatic carbocycles. The summed E-state index contributed by atoms with van der Waals surface area (Å²) in [6.07, 6.45) is 7.46. The fourth-order valence-corrected chi connectivity index (χ4v) is 3.45. The molecule has 1 aliphatic rings. The Hall–Kier alpha value is -1.07. The molecule has 2 atom stereocenters. The minimum absolute atomic E-state index is 0.116. The topological polar surface area (TPSA) is 59.3 Å². The van der Waals surface area contributed by atoms with E-state index in [4.69, 9.17) is 9.84 Å². The number of rotatable bonds is 8. The normalized spacial score (nSPS) is 24.4. The Morgan fingerprint density at radius 2 is 2.20 bits per heavy atom. The highest BCUT2D eigenvalue weighted by atomic mass is 16.5. The van der Waals surface area contributed by atoms with Crippen LogP contribution in [0.25, 0.3) is 0 Å². The Kier molecular flexibility index (Phi) is 5.05. The van der Waals surface area contributed by atoms with Crippen molar-refractivity contribution in [1.82, 2.24) is 9.78 Å². The molecule has 20 heavy (non-hydrogen) atoms. The Morgan fingerprint density at radius 1 is 1.45 bits per heavy atom. The number of hydrogen-bond acceptors (Lipinski definition) is 4. The van der Waals surface area contributed by atoms with Crippen molar-refractivity contribution < 1.29 is 9.84 Å². The summed E-state index contributed by atoms with van der Waals surface area (Å²) in [4.78, 5) is 0. The Morgan fingerprint density at radius 3 is 2.80 bits per heavy atom. The largest absolute Gasteiger partial charge is 0.394 e. The van der Waals surface area contributed by atoms with Gasteiger partial charge in [0.25, 0.3) is 0 Å². The molecule has 2 rings (SSSR count). The molecule has 0 bridgehead atoms. The average Bonchev–Trinajstić information content (AvgIpc) is 2.87. The maximum atomic E-state index is 8.92. The van der Waals surface area contributed by atoms with Gasteiger partial charge in [-0.2, -0.15) is 5.10 Å². The number of hydrogen-bond donors (Lipinski definition) is 2. The van der Waals surface area contributed by atoms with E-state index in [1.165, 1.54) is 0 Å². The Bertz CT molecular complexity index is 415. The average molecular weight is 281 g/mol. The number of nitrogens with zero attached hydrogens (tertiary/aromatic N) is 2. The third-order valence-corrected chi connectivity index (χ3v) is 4.77. The predicted molar refractivity (Wildman–Crippen MR) is 79.8 cm³/mol. The summed E-state index contributed by atoms with van der Waals surface area (Å²) >= 11 is 0. The van der Waals surface area contributed by atoms with E-state index in [0.717, 1.165) is 31.6 Å². The van der Waals surface area contributed by atoms with Crippen LogP contribution in [0.1, 0.15) is 40.0 Å². The van der Waals surface area contributed by atoms with Crippen molar-refractivity contribution in [2.24, 2.45) is 5.41 Å². The molecule has 1 heterocycles. The van der Waals surface area contributed by atoms with Crippen molar-refractivity contribution in [3.8, 4) is 0 Å². The third-order valence-electron chi connectivity index (χ3n) is 4.77. The molecule has 1 fully saturated rings. The summed E-state index contributed by atoms with van der Waals surface area (Å²) in [5.74, 6) is 0. The maximum absolute atomic E-state index is 8.92. The van der Waals surface area contributed by atoms with Crippen molar-refractivity contribution in [1.29, 1.82) is 0 Å². The number of nitrogens with one attached hydrogen (secondary N) is 1. The second-order valence-electron chi connectivity index (χ2n) is 5.53. The first-order valence-corrected chi connectivity index (χ1v) is 7.71. The highest BCUT2D eigenvalue weighted by molar-refractivity contribution is 5.41. The van der Waals surface area contributed by atoms with Gasteiger partial charge in [-0.1, -0.05) is 13.8 Å². The fourth-order valence-electron chi connectivity index (χ4n) is 3.45. The first-order chi connectivity index (χ1) is 9.70. The van der Waals surface area contributed by atoms with Gasteiger partial charge in [0.1, 0.15) is 0 Å². The third kappa shape index (κ3) is 2.69. The quantitative estimate of drug-likeness (QED) is 0.767. The minimum Gasteiger partial charge on any atom is -0.394 e. The molecule has 1 saturated carbocycles. The van der Waals surface area contributed by atoms with Crippen LogP contribution in [0.4, 0.5) is 5.69 Å². The molecule has 1 aromatic heterocycles. The molecule has 1 aromatic rings. The first-order valence-electron chi connectivity index (χ1n) is 7.71. The van der Waals surface area contributed by atoms with Gasteiger partial charge in [0, 0.05) is 24.3 Å². The second kappa shape index (κ2) is 6.59. The van der Waals surface area contributed by atoms with E-state index in [2.05, 4.69) is 31.2 Å². The number of aromatic nitrogens is 2. The number of anilines is 1. The van der Waals surface area contributed by atoms with E-state index in [1.54, 1.807) is 4.68 Å². The molecule has 2 unspecified atom stereocenters. The second-order valence-corrected chi connectivity index (χ2v) is 5.53. The van der Waals surface area contributed by atoms with Crippen molar-refractivity contribution in [3.63, 3.8) is 0 Å². The predicted octanol–water partition coefficient (Wildman–Crippen LogP) is 2.27. The van der Waals surface area contributed by atoms with E-state index >= 15 is 0 Å². The first kappa shape index (κ1) is 15.3. The van der Waals surface area contributed by atoms with Crippen LogP contribution in [0.15, 0.2) is 12.4 Å². The number of aliphatic hydroxyl groups is 1. The maximum Gasteiger partial charge on any atom is 0.0728 e. The molecule has 5 nitrogen and oxygen atoms in total. The molecular weight excluding hydrogens is 254 g/mol. The Balaban J connectivity index is 2.01. The molecule has 0 radical (unpaired) electrons. The number of aliphatic hydroxyl groups excluding tert-OH is 1. The van der Waals surface area contributed by atoms with Crippen LogP contribution in [0, 0.1) is 5.41 Å². The summed E-state index contributed by atoms with van der Waals surface area (Å²) < 4.78 is 7.66. The Labute approximate surface area is 121 Å². The summed E-state index contributed by atoms with van der Waals surface area (Å²) in [5, 5.41) is 16.8. The molecule has 0 spiro atoms. The molecule has 114 valence electrons. The lowest BCUT2D eigenvalue weighted by Crippen LogP contribution is -2.60. The molecule has 1 aliphatic carbocycles. The van der Waals surface area contributed by atoms with E-state index in [1.807, 2.05) is 12.4 Å². The van der Waals surface area contributed by atoms with Crippen molar-refractivity contribution >= 4 is 5.69 Å². The molecule has 2 N–H and O–H groups in total. The zero-order chi connectivity index (χ0) is 14.6. The van der Waals surface area contributed by atoms with Gasteiger partial charge in [0.05, 0.1) is 31.1 Å². The summed E-state index contributed by atoms with van der Waals surface area (Å²) in [6.45, 7) is 8.01. The summed E-state index contributed by atoms with van der Waals surface area (Å²) in [7, 11) is 0. The van der Waals surface area contributed by atoms with Crippen molar-refractivity contribution in [2.45, 2.75) is 58.7 Å². The zero-order valence-corrected chi connectivity index (χ0v) is 12.8. The lowest BCUT2D eigenvalue weighted by Gasteiger charge is -2.55. The number of ether oxygens (including phenoxy) is 1. The lowest BCUT2D eigenvalue weighted by atomic mass is 9.58. The monoisotopic (exact) mass is 281 g/mol. The van der Waals surface area contributed by atoms with Gasteiger partial charge in [-0.3, -0.25) is 4.68 Å². The van der Waals surface area contributed by atoms with E-state index in [9.17, 15) is 0 Å². The molecule has 5 heteroatoms. The summed E-state index contributed by atoms with van der Waals surface area (Å²) in [5.41, 5.74) is 1.26. The zero-order valence-electron chi connectivity index (χ0n) is 12.8. The van der Waals surface area contributed by atoms with E-state index in [-0.39, 0.29) is 12.0 Å². The van der Waals surface area contributed by atoms with Gasteiger partial charge in [-0.05, 0) is 26.2 Å². The molecule has 0 saturated heterocycles. The van der Waals surface area contributed by atoms with Gasteiger partial charge in [-0.15, -0.1) is 0 Å². The van der Waals surface area contributed by atoms with Crippen LogP contribution in [-0.4, -0.2) is 40.2 Å². The van der Waals surface area contributed by atoms with Crippen LogP contribution in [0.2, 0.25) is 0 Å². The van der Waals surface area contributed by atoms with Gasteiger partial charge < -0.3 is 15.2 Å². The van der Waals surface area contributed by atoms with Gasteiger partial charge in [0.15, 0.2) is 0 Å². The minimum atomic E-state index is 0.116. The standard InChI is InChI=1S/C15H27N3O2/c1-4-15(5-2)13(9-14(15)20-6-3)17-12-10-16-18(11-12)7-8-19/h10-11,13-14,17,19H,4-9H2,1-3H3. The fraction of sp³-hybridized carbons (Fsp3) is 0.800. The van der Waals surface area contributed by atoms with Crippen LogP contribution in [-0.2, 0) is 11.3 Å². The van der Waals surface area contributed by atoms with Crippen LogP contribution < -0.4 is 5.32 Å². The van der Waals surface area contributed by atoms with Crippen molar-refractivity contribution in [3.05, 3.63) is 12.4 Å². The van der Waals surface area contributed by atoms with E-state index in [0.29, 0.717) is 18.7 Å². The van der Waals surface area contributed by atoms with Gasteiger partial charge in [-0.25, -0.2) is 0 Å².